The summed E-state index contributed by atoms with van der Waals surface area (Å²) >= 11 is 0. The van der Waals surface area contributed by atoms with Crippen molar-refractivity contribution in [3.05, 3.63) is 42.0 Å². The van der Waals surface area contributed by atoms with Gasteiger partial charge >= 0.3 is 5.97 Å². The van der Waals surface area contributed by atoms with Crippen molar-refractivity contribution in [3.8, 4) is 0 Å². The minimum atomic E-state index is -0.962. The summed E-state index contributed by atoms with van der Waals surface area (Å²) in [5.41, 5.74) is 1.66. The van der Waals surface area contributed by atoms with E-state index >= 15 is 0 Å². The van der Waals surface area contributed by atoms with Crippen LogP contribution < -0.4 is 0 Å². The highest BCUT2D eigenvalue weighted by molar-refractivity contribution is 6.07. The molecule has 0 radical (unpaired) electrons. The van der Waals surface area contributed by atoms with Crippen molar-refractivity contribution in [2.45, 2.75) is 32.1 Å². The Morgan fingerprint density at radius 1 is 1.43 bits per heavy atom. The van der Waals surface area contributed by atoms with Crippen LogP contribution in [0.4, 0.5) is 5.69 Å². The summed E-state index contributed by atoms with van der Waals surface area (Å²) in [7, 11) is 0. The molecule has 0 bridgehead atoms. The molecule has 0 spiro atoms. The Bertz CT molecular complexity index is 618. The van der Waals surface area contributed by atoms with Gasteiger partial charge < -0.3 is 9.53 Å². The summed E-state index contributed by atoms with van der Waals surface area (Å²) in [5, 5.41) is 0. The number of ketones is 1. The topological polar surface area (TPSA) is 55.7 Å². The fraction of sp³-hybridized carbons (Fsp3) is 0.353. The van der Waals surface area contributed by atoms with Crippen molar-refractivity contribution >= 4 is 23.7 Å². The predicted molar refractivity (Wildman–Crippen MR) is 82.1 cm³/mol. The molecule has 0 saturated carbocycles. The summed E-state index contributed by atoms with van der Waals surface area (Å²) in [4.78, 5) is 28.3. The molecule has 4 heteroatoms. The summed E-state index contributed by atoms with van der Waals surface area (Å²) in [6.45, 7) is 7.17. The van der Waals surface area contributed by atoms with E-state index in [9.17, 15) is 9.59 Å². The van der Waals surface area contributed by atoms with Crippen molar-refractivity contribution in [1.82, 2.24) is 0 Å². The van der Waals surface area contributed by atoms with Gasteiger partial charge in [-0.05, 0) is 25.8 Å². The Morgan fingerprint density at radius 2 is 2.19 bits per heavy atom. The number of hydrogen-bond acceptors (Lipinski definition) is 4. The monoisotopic (exact) mass is 285 g/mol. The highest BCUT2D eigenvalue weighted by Gasteiger charge is 2.45. The van der Waals surface area contributed by atoms with Crippen LogP contribution in [0, 0.1) is 6.92 Å². The van der Waals surface area contributed by atoms with Gasteiger partial charge in [0.2, 0.25) is 0 Å². The van der Waals surface area contributed by atoms with Crippen molar-refractivity contribution in [1.29, 1.82) is 0 Å². The number of para-hydroxylation sites is 1. The van der Waals surface area contributed by atoms with E-state index in [1.165, 1.54) is 13.0 Å². The zero-order valence-electron chi connectivity index (χ0n) is 12.4. The quantitative estimate of drug-likeness (QED) is 0.596. The number of esters is 1. The number of Topliss-reactive ketones (excluding diaryl/α,β-unsaturated/α-hetero) is 1. The van der Waals surface area contributed by atoms with E-state index in [0.29, 0.717) is 12.8 Å². The van der Waals surface area contributed by atoms with E-state index in [1.807, 2.05) is 25.1 Å². The average Bonchev–Trinajstić information content (AvgIpc) is 2.84. The standard InChI is InChI=1S/C17H19NO3/c1-4-10-21-16(20)17(9-8-13(3)19)11-18-15-12(2)6-5-7-14(15)17/h4-7,11H,1,8-10H2,2-3H3/t17-/m0/s1. The number of ether oxygens (including phenoxy) is 1. The first-order valence-electron chi connectivity index (χ1n) is 6.94. The van der Waals surface area contributed by atoms with E-state index in [4.69, 9.17) is 4.74 Å². The van der Waals surface area contributed by atoms with Gasteiger partial charge in [-0.15, -0.1) is 0 Å². The van der Waals surface area contributed by atoms with Gasteiger partial charge in [0, 0.05) is 18.2 Å². The van der Waals surface area contributed by atoms with Crippen LogP contribution in [-0.2, 0) is 19.7 Å². The molecule has 4 nitrogen and oxygen atoms in total. The molecule has 1 aromatic rings. The first-order chi connectivity index (χ1) is 10.0. The number of rotatable bonds is 6. The Kier molecular flexibility index (Phi) is 4.36. The van der Waals surface area contributed by atoms with Gasteiger partial charge in [-0.1, -0.05) is 30.9 Å². The van der Waals surface area contributed by atoms with Crippen molar-refractivity contribution in [2.75, 3.05) is 6.61 Å². The number of carbonyl (C=O) groups is 2. The highest BCUT2D eigenvalue weighted by atomic mass is 16.5. The maximum atomic E-state index is 12.5. The Labute approximate surface area is 124 Å². The second kappa shape index (κ2) is 6.04. The minimum Gasteiger partial charge on any atom is -0.461 e. The average molecular weight is 285 g/mol. The smallest absolute Gasteiger partial charge is 0.322 e. The van der Waals surface area contributed by atoms with Crippen molar-refractivity contribution < 1.29 is 14.3 Å². The first kappa shape index (κ1) is 15.2. The van der Waals surface area contributed by atoms with Crippen molar-refractivity contribution in [3.63, 3.8) is 0 Å². The molecular weight excluding hydrogens is 266 g/mol. The SMILES string of the molecule is C=CCOC(=O)[C@@]1(CCC(C)=O)C=Nc2c(C)cccc21. The summed E-state index contributed by atoms with van der Waals surface area (Å²) in [6.07, 6.45) is 3.83. The van der Waals surface area contributed by atoms with Crippen LogP contribution >= 0.6 is 0 Å². The number of carbonyl (C=O) groups excluding carboxylic acids is 2. The molecule has 0 fully saturated rings. The summed E-state index contributed by atoms with van der Waals surface area (Å²) in [6, 6.07) is 5.73. The first-order valence-corrected chi connectivity index (χ1v) is 6.94. The van der Waals surface area contributed by atoms with Crippen LogP contribution in [0.2, 0.25) is 0 Å². The number of fused-ring (bicyclic) bond motifs is 1. The van der Waals surface area contributed by atoms with E-state index in [0.717, 1.165) is 16.8 Å². The molecule has 1 aromatic carbocycles. The Hall–Kier alpha value is -2.23. The number of aryl methyl sites for hydroxylation is 1. The molecular formula is C17H19NO3. The van der Waals surface area contributed by atoms with Gasteiger partial charge in [-0.25, -0.2) is 0 Å². The van der Waals surface area contributed by atoms with E-state index in [1.54, 1.807) is 6.21 Å². The molecule has 0 aromatic heterocycles. The third-order valence-corrected chi connectivity index (χ3v) is 3.70. The Morgan fingerprint density at radius 3 is 2.86 bits per heavy atom. The van der Waals surface area contributed by atoms with Crippen LogP contribution in [0.3, 0.4) is 0 Å². The van der Waals surface area contributed by atoms with Crippen molar-refractivity contribution in [2.24, 2.45) is 4.99 Å². The minimum absolute atomic E-state index is 0.0420. The lowest BCUT2D eigenvalue weighted by molar-refractivity contribution is -0.146. The lowest BCUT2D eigenvalue weighted by Crippen LogP contribution is -2.38. The molecule has 110 valence electrons. The normalized spacial score (nSPS) is 19.1. The zero-order valence-corrected chi connectivity index (χ0v) is 12.4. The molecule has 0 N–H and O–H groups in total. The molecule has 1 aliphatic rings. The van der Waals surface area contributed by atoms with E-state index < -0.39 is 5.41 Å². The van der Waals surface area contributed by atoms with Gasteiger partial charge in [-0.2, -0.15) is 0 Å². The molecule has 0 saturated heterocycles. The summed E-state index contributed by atoms with van der Waals surface area (Å²) in [5.74, 6) is -0.336. The molecule has 0 amide bonds. The number of benzene rings is 1. The summed E-state index contributed by atoms with van der Waals surface area (Å²) < 4.78 is 5.25. The van der Waals surface area contributed by atoms with Crippen LogP contribution in [0.25, 0.3) is 0 Å². The molecule has 21 heavy (non-hydrogen) atoms. The van der Waals surface area contributed by atoms with Gasteiger partial charge in [0.25, 0.3) is 0 Å². The Balaban J connectivity index is 2.42. The maximum absolute atomic E-state index is 12.5. The predicted octanol–water partition coefficient (Wildman–Crippen LogP) is 3.05. The van der Waals surface area contributed by atoms with Crippen LogP contribution in [-0.4, -0.2) is 24.6 Å². The third kappa shape index (κ3) is 2.79. The lowest BCUT2D eigenvalue weighted by Gasteiger charge is -2.25. The number of aliphatic imine (C=N–C) groups is 1. The molecule has 1 heterocycles. The molecule has 1 atom stereocenters. The largest absolute Gasteiger partial charge is 0.461 e. The van der Waals surface area contributed by atoms with Crippen LogP contribution in [0.5, 0.6) is 0 Å². The second-order valence-corrected chi connectivity index (χ2v) is 5.29. The molecule has 0 unspecified atom stereocenters. The number of nitrogens with zero attached hydrogens (tertiary/aromatic N) is 1. The molecule has 2 rings (SSSR count). The molecule has 0 aliphatic carbocycles. The van der Waals surface area contributed by atoms with Gasteiger partial charge in [0.15, 0.2) is 0 Å². The van der Waals surface area contributed by atoms with Crippen LogP contribution in [0.15, 0.2) is 35.8 Å². The van der Waals surface area contributed by atoms with E-state index in [2.05, 4.69) is 11.6 Å². The fourth-order valence-corrected chi connectivity index (χ4v) is 2.54. The zero-order chi connectivity index (χ0) is 15.5. The van der Waals surface area contributed by atoms with Gasteiger partial charge in [0.05, 0.1) is 5.69 Å². The lowest BCUT2D eigenvalue weighted by atomic mass is 9.77. The number of hydrogen-bond donors (Lipinski definition) is 0. The van der Waals surface area contributed by atoms with Gasteiger partial charge in [-0.3, -0.25) is 9.79 Å². The maximum Gasteiger partial charge on any atom is 0.322 e. The van der Waals surface area contributed by atoms with Crippen LogP contribution in [0.1, 0.15) is 30.9 Å². The fourth-order valence-electron chi connectivity index (χ4n) is 2.54. The third-order valence-electron chi connectivity index (χ3n) is 3.70. The van der Waals surface area contributed by atoms with E-state index in [-0.39, 0.29) is 18.4 Å². The van der Waals surface area contributed by atoms with Gasteiger partial charge in [0.1, 0.15) is 17.8 Å². The molecule has 1 aliphatic heterocycles. The highest BCUT2D eigenvalue weighted by Crippen LogP contribution is 2.42. The second-order valence-electron chi connectivity index (χ2n) is 5.29.